The van der Waals surface area contributed by atoms with Crippen molar-refractivity contribution in [3.05, 3.63) is 35.4 Å². The van der Waals surface area contributed by atoms with Gasteiger partial charge in [0.15, 0.2) is 5.90 Å². The van der Waals surface area contributed by atoms with Gasteiger partial charge in [-0.1, -0.05) is 40.2 Å². The fraction of sp³-hybridized carbons (Fsp3) is 0.562. The van der Waals surface area contributed by atoms with E-state index in [-0.39, 0.29) is 5.60 Å². The molecule has 112 valence electrons. The molecule has 0 saturated heterocycles. The van der Waals surface area contributed by atoms with Crippen molar-refractivity contribution in [2.45, 2.75) is 44.5 Å². The van der Waals surface area contributed by atoms with Crippen LogP contribution in [-0.2, 0) is 21.2 Å². The average Bonchev–Trinajstić information content (AvgIpc) is 2.37. The molecule has 0 bridgehead atoms. The molecule has 1 N–H and O–H groups in total. The van der Waals surface area contributed by atoms with Crippen LogP contribution in [0.15, 0.2) is 24.3 Å². The van der Waals surface area contributed by atoms with Crippen molar-refractivity contribution >= 4 is 21.8 Å². The highest BCUT2D eigenvalue weighted by atomic mass is 79.9. The molecule has 0 heterocycles. The van der Waals surface area contributed by atoms with Crippen LogP contribution in [-0.4, -0.2) is 24.7 Å². The predicted molar refractivity (Wildman–Crippen MR) is 86.8 cm³/mol. The van der Waals surface area contributed by atoms with E-state index < -0.39 is 0 Å². The smallest absolute Gasteiger partial charge is 0.183 e. The highest BCUT2D eigenvalue weighted by Gasteiger charge is 2.13. The summed E-state index contributed by atoms with van der Waals surface area (Å²) in [5.41, 5.74) is 2.26. The standard InChI is InChI=1S/C16H24BrNO2/c1-16(2,3)20-15(18)9-11-19-10-8-13-4-6-14(12-17)7-5-13/h4-7,18H,8-12H2,1-3H3. The van der Waals surface area contributed by atoms with Crippen LogP contribution in [0.25, 0.3) is 0 Å². The number of benzene rings is 1. The average molecular weight is 342 g/mol. The Balaban J connectivity index is 2.14. The van der Waals surface area contributed by atoms with E-state index in [0.29, 0.717) is 25.5 Å². The van der Waals surface area contributed by atoms with Crippen molar-refractivity contribution < 1.29 is 9.47 Å². The summed E-state index contributed by atoms with van der Waals surface area (Å²) in [5.74, 6) is 0.291. The van der Waals surface area contributed by atoms with Crippen molar-refractivity contribution in [2.24, 2.45) is 0 Å². The molecule has 20 heavy (non-hydrogen) atoms. The van der Waals surface area contributed by atoms with Gasteiger partial charge in [0.25, 0.3) is 0 Å². The lowest BCUT2D eigenvalue weighted by molar-refractivity contribution is 0.0970. The zero-order chi connectivity index (χ0) is 15.0. The van der Waals surface area contributed by atoms with Crippen molar-refractivity contribution in [3.63, 3.8) is 0 Å². The van der Waals surface area contributed by atoms with Gasteiger partial charge in [0.2, 0.25) is 0 Å². The molecule has 0 fully saturated rings. The predicted octanol–water partition coefficient (Wildman–Crippen LogP) is 4.32. The Morgan fingerprint density at radius 3 is 2.25 bits per heavy atom. The van der Waals surface area contributed by atoms with E-state index >= 15 is 0 Å². The molecular weight excluding hydrogens is 318 g/mol. The van der Waals surface area contributed by atoms with Crippen LogP contribution in [0.2, 0.25) is 0 Å². The zero-order valence-corrected chi connectivity index (χ0v) is 14.1. The lowest BCUT2D eigenvalue weighted by Gasteiger charge is -2.21. The number of halogens is 1. The van der Waals surface area contributed by atoms with E-state index in [1.54, 1.807) is 0 Å². The molecule has 3 nitrogen and oxygen atoms in total. The van der Waals surface area contributed by atoms with Gasteiger partial charge >= 0.3 is 0 Å². The fourth-order valence-corrected chi connectivity index (χ4v) is 2.05. The second-order valence-electron chi connectivity index (χ2n) is 5.70. The Morgan fingerprint density at radius 2 is 1.70 bits per heavy atom. The van der Waals surface area contributed by atoms with Gasteiger partial charge in [-0.3, -0.25) is 5.41 Å². The minimum absolute atomic E-state index is 0.291. The minimum Gasteiger partial charge on any atom is -0.475 e. The van der Waals surface area contributed by atoms with Gasteiger partial charge in [-0.05, 0) is 38.3 Å². The third-order valence-corrected chi connectivity index (χ3v) is 3.26. The van der Waals surface area contributed by atoms with Crippen LogP contribution in [0.3, 0.4) is 0 Å². The van der Waals surface area contributed by atoms with Crippen LogP contribution in [0.4, 0.5) is 0 Å². The number of hydrogen-bond donors (Lipinski definition) is 1. The monoisotopic (exact) mass is 341 g/mol. The fourth-order valence-electron chi connectivity index (χ4n) is 1.67. The van der Waals surface area contributed by atoms with Gasteiger partial charge < -0.3 is 9.47 Å². The van der Waals surface area contributed by atoms with Gasteiger partial charge in [0, 0.05) is 11.8 Å². The van der Waals surface area contributed by atoms with Gasteiger partial charge in [0.05, 0.1) is 13.2 Å². The number of nitrogens with one attached hydrogen (secondary N) is 1. The van der Waals surface area contributed by atoms with E-state index in [1.807, 2.05) is 20.8 Å². The first kappa shape index (κ1) is 17.2. The molecule has 4 heteroatoms. The maximum Gasteiger partial charge on any atom is 0.183 e. The summed E-state index contributed by atoms with van der Waals surface area (Å²) in [5, 5.41) is 8.57. The quantitative estimate of drug-likeness (QED) is 0.347. The zero-order valence-electron chi connectivity index (χ0n) is 12.5. The first-order valence-corrected chi connectivity index (χ1v) is 8.01. The van der Waals surface area contributed by atoms with Crippen LogP contribution >= 0.6 is 15.9 Å². The molecule has 0 unspecified atom stereocenters. The molecule has 0 radical (unpaired) electrons. The Kier molecular flexibility index (Phi) is 7.24. The van der Waals surface area contributed by atoms with Crippen molar-refractivity contribution in [1.29, 1.82) is 5.41 Å². The van der Waals surface area contributed by atoms with Gasteiger partial charge in [-0.15, -0.1) is 0 Å². The second kappa shape index (κ2) is 8.42. The Bertz CT molecular complexity index is 409. The first-order chi connectivity index (χ1) is 9.40. The summed E-state index contributed by atoms with van der Waals surface area (Å²) in [6.07, 6.45) is 1.43. The van der Waals surface area contributed by atoms with Gasteiger partial charge in [-0.2, -0.15) is 0 Å². The Morgan fingerprint density at radius 1 is 1.10 bits per heavy atom. The van der Waals surface area contributed by atoms with E-state index in [9.17, 15) is 0 Å². The lowest BCUT2D eigenvalue weighted by Crippen LogP contribution is -2.24. The SMILES string of the molecule is CC(C)(C)OC(=N)CCOCCc1ccc(CBr)cc1. The van der Waals surface area contributed by atoms with E-state index in [0.717, 1.165) is 11.8 Å². The third-order valence-electron chi connectivity index (χ3n) is 2.62. The number of hydrogen-bond acceptors (Lipinski definition) is 3. The molecule has 0 atom stereocenters. The molecule has 1 rings (SSSR count). The summed E-state index contributed by atoms with van der Waals surface area (Å²) < 4.78 is 11.0. The molecular formula is C16H24BrNO2. The van der Waals surface area contributed by atoms with E-state index in [1.165, 1.54) is 11.1 Å². The highest BCUT2D eigenvalue weighted by Crippen LogP contribution is 2.09. The number of rotatable bonds is 7. The Labute approximate surface area is 130 Å². The lowest BCUT2D eigenvalue weighted by atomic mass is 10.1. The number of alkyl halides is 1. The molecule has 0 aliphatic carbocycles. The second-order valence-corrected chi connectivity index (χ2v) is 6.26. The number of ether oxygens (including phenoxy) is 2. The molecule has 0 aliphatic rings. The largest absolute Gasteiger partial charge is 0.475 e. The maximum absolute atomic E-state index is 7.68. The van der Waals surface area contributed by atoms with Crippen molar-refractivity contribution in [3.8, 4) is 0 Å². The molecule has 0 aromatic heterocycles. The molecule has 0 saturated carbocycles. The first-order valence-electron chi connectivity index (χ1n) is 6.88. The Hall–Kier alpha value is -0.870. The van der Waals surface area contributed by atoms with Crippen LogP contribution in [0, 0.1) is 5.41 Å². The van der Waals surface area contributed by atoms with E-state index in [4.69, 9.17) is 14.9 Å². The van der Waals surface area contributed by atoms with E-state index in [2.05, 4.69) is 40.2 Å². The topological polar surface area (TPSA) is 42.3 Å². The van der Waals surface area contributed by atoms with Crippen LogP contribution in [0.1, 0.15) is 38.3 Å². The minimum atomic E-state index is -0.297. The maximum atomic E-state index is 7.68. The molecule has 0 aliphatic heterocycles. The molecule has 0 amide bonds. The van der Waals surface area contributed by atoms with Crippen LogP contribution in [0.5, 0.6) is 0 Å². The van der Waals surface area contributed by atoms with Gasteiger partial charge in [-0.25, -0.2) is 0 Å². The summed E-state index contributed by atoms with van der Waals surface area (Å²) in [6, 6.07) is 8.50. The summed E-state index contributed by atoms with van der Waals surface area (Å²) in [7, 11) is 0. The molecule has 0 spiro atoms. The summed E-state index contributed by atoms with van der Waals surface area (Å²) in [4.78, 5) is 0. The normalized spacial score (nSPS) is 11.4. The van der Waals surface area contributed by atoms with Crippen LogP contribution < -0.4 is 0 Å². The summed E-state index contributed by atoms with van der Waals surface area (Å²) in [6.45, 7) is 7.04. The molecule has 1 aromatic rings. The molecule has 1 aromatic carbocycles. The van der Waals surface area contributed by atoms with Crippen molar-refractivity contribution in [2.75, 3.05) is 13.2 Å². The highest BCUT2D eigenvalue weighted by molar-refractivity contribution is 9.08. The summed E-state index contributed by atoms with van der Waals surface area (Å²) >= 11 is 3.43. The van der Waals surface area contributed by atoms with Crippen molar-refractivity contribution in [1.82, 2.24) is 0 Å². The van der Waals surface area contributed by atoms with Gasteiger partial charge in [0.1, 0.15) is 5.60 Å². The third kappa shape index (κ3) is 7.65.